The van der Waals surface area contributed by atoms with Crippen LogP contribution in [0.1, 0.15) is 27.9 Å². The van der Waals surface area contributed by atoms with Crippen LogP contribution in [0.3, 0.4) is 0 Å². The predicted octanol–water partition coefficient (Wildman–Crippen LogP) is 2.44. The second-order valence-electron chi connectivity index (χ2n) is 5.45. The number of fused-ring (bicyclic) bond motifs is 1. The van der Waals surface area contributed by atoms with Crippen LogP contribution in [-0.4, -0.2) is 17.4 Å². The summed E-state index contributed by atoms with van der Waals surface area (Å²) in [6.45, 7) is 1.39. The average molecular weight is 281 g/mol. The second kappa shape index (κ2) is 5.48. The van der Waals surface area contributed by atoms with Crippen molar-refractivity contribution in [1.82, 2.24) is 4.90 Å². The molecule has 4 N–H and O–H groups in total. The van der Waals surface area contributed by atoms with Gasteiger partial charge in [0.1, 0.15) is 0 Å². The van der Waals surface area contributed by atoms with Gasteiger partial charge in [-0.2, -0.15) is 0 Å². The Labute approximate surface area is 124 Å². The lowest BCUT2D eigenvalue weighted by Crippen LogP contribution is -2.31. The molecule has 0 spiro atoms. The molecule has 2 aromatic rings. The normalized spacial score (nSPS) is 14.4. The summed E-state index contributed by atoms with van der Waals surface area (Å²) in [5, 5.41) is 0. The quantitative estimate of drug-likeness (QED) is 0.789. The van der Waals surface area contributed by atoms with Crippen LogP contribution in [-0.2, 0) is 13.0 Å². The van der Waals surface area contributed by atoms with Crippen LogP contribution < -0.4 is 11.5 Å². The van der Waals surface area contributed by atoms with Crippen molar-refractivity contribution in [3.8, 4) is 0 Å². The number of hydrogen-bond acceptors (Lipinski definition) is 3. The Hall–Kier alpha value is -2.49. The number of nitrogens with zero attached hydrogens (tertiary/aromatic N) is 1. The smallest absolute Gasteiger partial charge is 0.256 e. The monoisotopic (exact) mass is 281 g/mol. The van der Waals surface area contributed by atoms with E-state index < -0.39 is 0 Å². The molecule has 21 heavy (non-hydrogen) atoms. The van der Waals surface area contributed by atoms with Crippen LogP contribution >= 0.6 is 0 Å². The molecule has 4 nitrogen and oxygen atoms in total. The fourth-order valence-corrected chi connectivity index (χ4v) is 2.82. The van der Waals surface area contributed by atoms with E-state index in [1.54, 1.807) is 18.2 Å². The number of anilines is 2. The van der Waals surface area contributed by atoms with Crippen molar-refractivity contribution >= 4 is 17.3 Å². The molecular formula is C17H19N3O. The third-order valence-corrected chi connectivity index (χ3v) is 3.95. The molecule has 4 heteroatoms. The molecule has 0 unspecified atom stereocenters. The molecule has 0 saturated heterocycles. The summed E-state index contributed by atoms with van der Waals surface area (Å²) < 4.78 is 0. The minimum atomic E-state index is -0.0239. The van der Waals surface area contributed by atoms with Gasteiger partial charge in [0.25, 0.3) is 5.91 Å². The van der Waals surface area contributed by atoms with E-state index in [1.807, 2.05) is 17.0 Å². The molecule has 0 aromatic heterocycles. The molecule has 0 saturated carbocycles. The maximum atomic E-state index is 12.7. The maximum absolute atomic E-state index is 12.7. The summed E-state index contributed by atoms with van der Waals surface area (Å²) >= 11 is 0. The Balaban J connectivity index is 1.88. The number of amides is 1. The Morgan fingerprint density at radius 3 is 2.57 bits per heavy atom. The number of benzene rings is 2. The van der Waals surface area contributed by atoms with Gasteiger partial charge in [-0.15, -0.1) is 0 Å². The Kier molecular flexibility index (Phi) is 3.52. The molecule has 1 amide bonds. The van der Waals surface area contributed by atoms with Crippen LogP contribution in [0.5, 0.6) is 0 Å². The largest absolute Gasteiger partial charge is 0.399 e. The first kappa shape index (κ1) is 13.5. The van der Waals surface area contributed by atoms with Gasteiger partial charge in [-0.25, -0.2) is 0 Å². The Morgan fingerprint density at radius 1 is 1.05 bits per heavy atom. The number of rotatable bonds is 1. The van der Waals surface area contributed by atoms with Gasteiger partial charge in [-0.05, 0) is 42.2 Å². The minimum absolute atomic E-state index is 0.0239. The summed E-state index contributed by atoms with van der Waals surface area (Å²) in [4.78, 5) is 14.6. The predicted molar refractivity (Wildman–Crippen MR) is 84.8 cm³/mol. The van der Waals surface area contributed by atoms with Gasteiger partial charge in [-0.3, -0.25) is 4.79 Å². The lowest BCUT2D eigenvalue weighted by Gasteiger charge is -2.22. The van der Waals surface area contributed by atoms with Crippen molar-refractivity contribution < 1.29 is 4.79 Å². The van der Waals surface area contributed by atoms with Crippen LogP contribution in [0.25, 0.3) is 0 Å². The van der Waals surface area contributed by atoms with Crippen LogP contribution in [0.2, 0.25) is 0 Å². The van der Waals surface area contributed by atoms with Crippen molar-refractivity contribution in [2.75, 3.05) is 18.0 Å². The van der Waals surface area contributed by atoms with Crippen LogP contribution in [0, 0.1) is 0 Å². The first-order valence-electron chi connectivity index (χ1n) is 7.16. The van der Waals surface area contributed by atoms with Gasteiger partial charge in [0.15, 0.2) is 0 Å². The van der Waals surface area contributed by atoms with E-state index in [0.29, 0.717) is 23.5 Å². The SMILES string of the molecule is Nc1ccc(C(=O)N2CCCc3ccccc3C2)c(N)c1. The number of nitrogens with two attached hydrogens (primary N) is 2. The Morgan fingerprint density at radius 2 is 1.81 bits per heavy atom. The molecule has 2 aromatic carbocycles. The third kappa shape index (κ3) is 2.70. The molecule has 3 rings (SSSR count). The highest BCUT2D eigenvalue weighted by molar-refractivity contribution is 5.99. The fraction of sp³-hybridized carbons (Fsp3) is 0.235. The molecule has 1 aliphatic rings. The van der Waals surface area contributed by atoms with Crippen molar-refractivity contribution in [2.45, 2.75) is 19.4 Å². The lowest BCUT2D eigenvalue weighted by atomic mass is 10.0. The maximum Gasteiger partial charge on any atom is 0.256 e. The molecule has 108 valence electrons. The highest BCUT2D eigenvalue weighted by Crippen LogP contribution is 2.23. The van der Waals surface area contributed by atoms with Gasteiger partial charge in [0.2, 0.25) is 0 Å². The molecule has 1 heterocycles. The van der Waals surface area contributed by atoms with Gasteiger partial charge in [0, 0.05) is 24.5 Å². The van der Waals surface area contributed by atoms with E-state index >= 15 is 0 Å². The fourth-order valence-electron chi connectivity index (χ4n) is 2.82. The number of nitrogen functional groups attached to an aromatic ring is 2. The van der Waals surface area contributed by atoms with E-state index in [2.05, 4.69) is 12.1 Å². The molecule has 0 bridgehead atoms. The number of aryl methyl sites for hydroxylation is 1. The van der Waals surface area contributed by atoms with E-state index in [9.17, 15) is 4.79 Å². The van der Waals surface area contributed by atoms with E-state index in [4.69, 9.17) is 11.5 Å². The Bertz CT molecular complexity index is 681. The zero-order valence-corrected chi connectivity index (χ0v) is 11.9. The summed E-state index contributed by atoms with van der Waals surface area (Å²) in [5.41, 5.74) is 15.7. The molecular weight excluding hydrogens is 262 g/mol. The zero-order chi connectivity index (χ0) is 14.8. The summed E-state index contributed by atoms with van der Waals surface area (Å²) in [6, 6.07) is 13.4. The molecule has 0 radical (unpaired) electrons. The highest BCUT2D eigenvalue weighted by atomic mass is 16.2. The van der Waals surface area contributed by atoms with E-state index in [0.717, 1.165) is 19.4 Å². The van der Waals surface area contributed by atoms with Gasteiger partial charge in [0.05, 0.1) is 5.56 Å². The average Bonchev–Trinajstić information content (AvgIpc) is 2.68. The molecule has 0 aliphatic carbocycles. The first-order valence-corrected chi connectivity index (χ1v) is 7.16. The first-order chi connectivity index (χ1) is 10.1. The lowest BCUT2D eigenvalue weighted by molar-refractivity contribution is 0.0747. The summed E-state index contributed by atoms with van der Waals surface area (Å²) in [7, 11) is 0. The van der Waals surface area contributed by atoms with Crippen LogP contribution in [0.4, 0.5) is 11.4 Å². The highest BCUT2D eigenvalue weighted by Gasteiger charge is 2.21. The van der Waals surface area contributed by atoms with Crippen molar-refractivity contribution in [3.05, 3.63) is 59.2 Å². The van der Waals surface area contributed by atoms with Gasteiger partial charge >= 0.3 is 0 Å². The second-order valence-corrected chi connectivity index (χ2v) is 5.45. The van der Waals surface area contributed by atoms with Gasteiger partial charge in [-0.1, -0.05) is 24.3 Å². The van der Waals surface area contributed by atoms with Crippen molar-refractivity contribution in [2.24, 2.45) is 0 Å². The zero-order valence-electron chi connectivity index (χ0n) is 11.9. The standard InChI is InChI=1S/C17H19N3O/c18-14-7-8-15(16(19)10-14)17(21)20-9-3-6-12-4-1-2-5-13(12)11-20/h1-2,4-5,7-8,10H,3,6,9,11,18-19H2. The van der Waals surface area contributed by atoms with Crippen LogP contribution in [0.15, 0.2) is 42.5 Å². The topological polar surface area (TPSA) is 72.4 Å². The third-order valence-electron chi connectivity index (χ3n) is 3.95. The summed E-state index contributed by atoms with van der Waals surface area (Å²) in [5.74, 6) is -0.0239. The van der Waals surface area contributed by atoms with E-state index in [1.165, 1.54) is 11.1 Å². The van der Waals surface area contributed by atoms with Crippen molar-refractivity contribution in [1.29, 1.82) is 0 Å². The number of carbonyl (C=O) groups is 1. The minimum Gasteiger partial charge on any atom is -0.399 e. The molecule has 1 aliphatic heterocycles. The van der Waals surface area contributed by atoms with Crippen molar-refractivity contribution in [3.63, 3.8) is 0 Å². The number of carbonyl (C=O) groups excluding carboxylic acids is 1. The summed E-state index contributed by atoms with van der Waals surface area (Å²) in [6.07, 6.45) is 1.98. The number of hydrogen-bond donors (Lipinski definition) is 2. The van der Waals surface area contributed by atoms with Gasteiger partial charge < -0.3 is 16.4 Å². The molecule has 0 atom stereocenters. The molecule has 0 fully saturated rings. The van der Waals surface area contributed by atoms with E-state index in [-0.39, 0.29) is 5.91 Å².